The summed E-state index contributed by atoms with van der Waals surface area (Å²) >= 11 is 0. The SMILES string of the molecule is CC(C)C1=C2C(c3nnc(NCc4ccccc4)o3)(CCC3C2(C)CCC2C4(C)CCC(OC(=O)CC(C)(C)C(=O)O)C(C)C4CCC32C)CC1=O. The van der Waals surface area contributed by atoms with Crippen LogP contribution < -0.4 is 5.32 Å². The van der Waals surface area contributed by atoms with Crippen molar-refractivity contribution in [3.8, 4) is 0 Å². The van der Waals surface area contributed by atoms with E-state index in [1.54, 1.807) is 13.8 Å². The highest BCUT2D eigenvalue weighted by atomic mass is 16.5. The number of nitrogens with one attached hydrogen (secondary N) is 1. The zero-order valence-corrected chi connectivity index (χ0v) is 32.5. The van der Waals surface area contributed by atoms with Gasteiger partial charge in [0.1, 0.15) is 6.10 Å². The van der Waals surface area contributed by atoms with Gasteiger partial charge in [0.25, 0.3) is 0 Å². The van der Waals surface area contributed by atoms with Crippen LogP contribution in [0.5, 0.6) is 0 Å². The van der Waals surface area contributed by atoms with E-state index in [4.69, 9.17) is 9.15 Å². The summed E-state index contributed by atoms with van der Waals surface area (Å²) in [6, 6.07) is 10.6. The Labute approximate surface area is 309 Å². The van der Waals surface area contributed by atoms with Crippen molar-refractivity contribution in [2.24, 2.45) is 51.2 Å². The van der Waals surface area contributed by atoms with Crippen molar-refractivity contribution in [1.29, 1.82) is 0 Å². The number of carbonyl (C=O) groups is 3. The highest BCUT2D eigenvalue weighted by Gasteiger charge is 2.69. The number of aliphatic carboxylic acids is 1. The molecule has 5 aliphatic rings. The van der Waals surface area contributed by atoms with Crippen LogP contribution in [0.15, 0.2) is 45.9 Å². The van der Waals surface area contributed by atoms with Crippen LogP contribution in [0.3, 0.4) is 0 Å². The second-order valence-corrected chi connectivity index (χ2v) is 18.9. The van der Waals surface area contributed by atoms with Crippen molar-refractivity contribution in [2.75, 3.05) is 5.32 Å². The van der Waals surface area contributed by atoms with Crippen LogP contribution in [0, 0.1) is 51.2 Å². The summed E-state index contributed by atoms with van der Waals surface area (Å²) in [5.74, 6) is 1.10. The monoisotopic (exact) mass is 713 g/mol. The minimum Gasteiger partial charge on any atom is -0.481 e. The average molecular weight is 714 g/mol. The Kier molecular flexibility index (Phi) is 9.09. The minimum atomic E-state index is -1.15. The van der Waals surface area contributed by atoms with E-state index in [0.29, 0.717) is 42.6 Å². The van der Waals surface area contributed by atoms with Gasteiger partial charge < -0.3 is 19.6 Å². The average Bonchev–Trinajstić information content (AvgIpc) is 3.68. The fraction of sp³-hybridized carbons (Fsp3) is 0.698. The molecule has 0 aliphatic heterocycles. The van der Waals surface area contributed by atoms with E-state index in [-0.39, 0.29) is 46.4 Å². The highest BCUT2D eigenvalue weighted by Crippen LogP contribution is 2.75. The van der Waals surface area contributed by atoms with Crippen LogP contribution in [0.2, 0.25) is 0 Å². The number of hydrogen-bond acceptors (Lipinski definition) is 8. The van der Waals surface area contributed by atoms with Gasteiger partial charge in [-0.05, 0) is 128 Å². The van der Waals surface area contributed by atoms with E-state index >= 15 is 0 Å². The number of fused-ring (bicyclic) bond motifs is 7. The molecule has 9 heteroatoms. The van der Waals surface area contributed by atoms with Gasteiger partial charge in [-0.25, -0.2) is 0 Å². The predicted molar refractivity (Wildman–Crippen MR) is 198 cm³/mol. The Balaban J connectivity index is 1.15. The van der Waals surface area contributed by atoms with Crippen LogP contribution in [0.25, 0.3) is 0 Å². The number of anilines is 1. The molecule has 9 unspecified atom stereocenters. The van der Waals surface area contributed by atoms with Gasteiger partial charge in [-0.15, -0.1) is 5.10 Å². The number of carboxylic acids is 1. The number of carbonyl (C=O) groups excluding carboxylic acids is 2. The van der Waals surface area contributed by atoms with Crippen molar-refractivity contribution in [3.05, 3.63) is 52.9 Å². The molecule has 1 aromatic heterocycles. The summed E-state index contributed by atoms with van der Waals surface area (Å²) in [5.41, 5.74) is 1.72. The van der Waals surface area contributed by atoms with E-state index < -0.39 is 22.8 Å². The lowest BCUT2D eigenvalue weighted by molar-refractivity contribution is -0.201. The number of ether oxygens (including phenoxy) is 1. The first-order chi connectivity index (χ1) is 24.5. The van der Waals surface area contributed by atoms with Gasteiger partial charge >= 0.3 is 18.0 Å². The molecule has 4 saturated carbocycles. The number of allylic oxidation sites excluding steroid dienone is 2. The molecular weight excluding hydrogens is 654 g/mol. The normalized spacial score (nSPS) is 37.2. The molecule has 0 spiro atoms. The molecule has 1 aromatic carbocycles. The van der Waals surface area contributed by atoms with Crippen molar-refractivity contribution in [2.45, 2.75) is 138 Å². The lowest BCUT2D eigenvalue weighted by atomic mass is 9.35. The lowest BCUT2D eigenvalue weighted by Crippen LogP contribution is -2.63. The number of aromatic nitrogens is 2. The Bertz CT molecular complexity index is 1760. The first-order valence-electron chi connectivity index (χ1n) is 19.8. The molecule has 2 aromatic rings. The third-order valence-corrected chi connectivity index (χ3v) is 15.2. The van der Waals surface area contributed by atoms with Crippen molar-refractivity contribution >= 4 is 23.7 Å². The Hall–Kier alpha value is -3.49. The summed E-state index contributed by atoms with van der Waals surface area (Å²) in [6.45, 7) is 17.9. The molecule has 2 N–H and O–H groups in total. The van der Waals surface area contributed by atoms with E-state index in [1.807, 2.05) is 18.2 Å². The molecule has 282 valence electrons. The van der Waals surface area contributed by atoms with Crippen molar-refractivity contribution < 1.29 is 28.6 Å². The van der Waals surface area contributed by atoms with Gasteiger partial charge in [-0.1, -0.05) is 77.0 Å². The maximum absolute atomic E-state index is 14.1. The van der Waals surface area contributed by atoms with Gasteiger partial charge in [0.05, 0.1) is 17.3 Å². The number of rotatable bonds is 9. The first-order valence-corrected chi connectivity index (χ1v) is 19.8. The second-order valence-electron chi connectivity index (χ2n) is 18.9. The molecule has 7 rings (SSSR count). The summed E-state index contributed by atoms with van der Waals surface area (Å²) in [4.78, 5) is 38.8. The maximum Gasteiger partial charge on any atom is 0.315 e. The molecule has 0 saturated heterocycles. The molecular formula is C43H59N3O6. The van der Waals surface area contributed by atoms with E-state index in [2.05, 4.69) is 69.2 Å². The zero-order chi connectivity index (χ0) is 37.4. The third kappa shape index (κ3) is 5.66. The molecule has 0 amide bonds. The molecule has 9 nitrogen and oxygen atoms in total. The fourth-order valence-electron chi connectivity index (χ4n) is 12.8. The number of ketones is 1. The van der Waals surface area contributed by atoms with Crippen LogP contribution in [-0.2, 0) is 31.1 Å². The van der Waals surface area contributed by atoms with Crippen molar-refractivity contribution in [3.63, 3.8) is 0 Å². The summed E-state index contributed by atoms with van der Waals surface area (Å²) in [7, 11) is 0. The van der Waals surface area contributed by atoms with Gasteiger partial charge in [0, 0.05) is 13.0 Å². The molecule has 0 radical (unpaired) electrons. The van der Waals surface area contributed by atoms with Gasteiger partial charge in [0.15, 0.2) is 5.78 Å². The smallest absolute Gasteiger partial charge is 0.315 e. The predicted octanol–water partition coefficient (Wildman–Crippen LogP) is 8.94. The number of benzene rings is 1. The number of nitrogens with zero attached hydrogens (tertiary/aromatic N) is 2. The maximum atomic E-state index is 14.1. The summed E-state index contributed by atoms with van der Waals surface area (Å²) in [6.07, 6.45) is 8.02. The molecule has 4 fully saturated rings. The molecule has 1 heterocycles. The van der Waals surface area contributed by atoms with Crippen LogP contribution in [-0.4, -0.2) is 39.1 Å². The fourth-order valence-corrected chi connectivity index (χ4v) is 12.8. The van der Waals surface area contributed by atoms with E-state index in [0.717, 1.165) is 62.5 Å². The van der Waals surface area contributed by atoms with Crippen molar-refractivity contribution in [1.82, 2.24) is 10.2 Å². The van der Waals surface area contributed by atoms with E-state index in [1.165, 1.54) is 5.57 Å². The quantitative estimate of drug-likeness (QED) is 0.245. The third-order valence-electron chi connectivity index (χ3n) is 15.2. The summed E-state index contributed by atoms with van der Waals surface area (Å²) in [5, 5.41) is 22.0. The summed E-state index contributed by atoms with van der Waals surface area (Å²) < 4.78 is 12.5. The van der Waals surface area contributed by atoms with Gasteiger partial charge in [-0.3, -0.25) is 14.4 Å². The number of esters is 1. The Morgan fingerprint density at radius 3 is 2.37 bits per heavy atom. The van der Waals surface area contributed by atoms with Crippen LogP contribution in [0.4, 0.5) is 6.01 Å². The van der Waals surface area contributed by atoms with Gasteiger partial charge in [0.2, 0.25) is 5.89 Å². The molecule has 52 heavy (non-hydrogen) atoms. The number of hydrogen-bond donors (Lipinski definition) is 2. The standard InChI is InChI=1S/C43H59N3O6/c1-25(2)34-29(47)22-43(36-45-46-38(52-36)44-24-27-12-10-9-11-13-27)21-17-32-41(7)18-14-28-26(3)30(51-33(48)23-39(4,5)37(49)50)15-19-40(28,6)31(41)16-20-42(32,8)35(34)43/h9-13,25-26,28,30-32H,14-24H2,1-8H3,(H,44,46)(H,49,50). The van der Waals surface area contributed by atoms with E-state index in [9.17, 15) is 19.5 Å². The zero-order valence-electron chi connectivity index (χ0n) is 32.5. The van der Waals surface area contributed by atoms with Crippen LogP contribution >= 0.6 is 0 Å². The lowest BCUT2D eigenvalue weighted by Gasteiger charge is -2.69. The van der Waals surface area contributed by atoms with Crippen LogP contribution in [0.1, 0.15) is 131 Å². The minimum absolute atomic E-state index is 0.0944. The molecule has 5 aliphatic carbocycles. The first kappa shape index (κ1) is 36.9. The number of Topliss-reactive ketones (excluding diaryl/α,β-unsaturated/α-hetero) is 1. The van der Waals surface area contributed by atoms with Gasteiger partial charge in [-0.2, -0.15) is 0 Å². The topological polar surface area (TPSA) is 132 Å². The largest absolute Gasteiger partial charge is 0.481 e. The Morgan fingerprint density at radius 2 is 1.67 bits per heavy atom. The highest BCUT2D eigenvalue weighted by molar-refractivity contribution is 6.01. The second kappa shape index (κ2) is 12.8. The molecule has 9 atom stereocenters. The Morgan fingerprint density at radius 1 is 0.981 bits per heavy atom. The number of carboxylic acid groups (broad SMARTS) is 1. The molecule has 0 bridgehead atoms.